The fourth-order valence-corrected chi connectivity index (χ4v) is 2.79. The summed E-state index contributed by atoms with van der Waals surface area (Å²) in [6, 6.07) is 2.25. The fourth-order valence-electron chi connectivity index (χ4n) is 1.73. The second-order valence-electron chi connectivity index (χ2n) is 3.95. The topological polar surface area (TPSA) is 34.0 Å². The number of hydrogen-bond acceptors (Lipinski definition) is 4. The van der Waals surface area contributed by atoms with Gasteiger partial charge in [-0.2, -0.15) is 0 Å². The van der Waals surface area contributed by atoms with Crippen LogP contribution in [-0.2, 0) is 11.3 Å². The Kier molecular flexibility index (Phi) is 8.42. The van der Waals surface area contributed by atoms with Crippen LogP contribution >= 0.6 is 22.9 Å². The lowest BCUT2D eigenvalue weighted by molar-refractivity contribution is 0.151. The van der Waals surface area contributed by atoms with Crippen LogP contribution in [0.4, 0.5) is 0 Å². The second-order valence-corrected chi connectivity index (χ2v) is 5.29. The van der Waals surface area contributed by atoms with E-state index in [0.29, 0.717) is 18.5 Å². The third kappa shape index (κ3) is 5.57. The van der Waals surface area contributed by atoms with E-state index in [2.05, 4.69) is 28.0 Å². The molecule has 2 rings (SSSR count). The van der Waals surface area contributed by atoms with E-state index >= 15 is 0 Å². The van der Waals surface area contributed by atoms with Crippen molar-refractivity contribution in [3.8, 4) is 0 Å². The molecular formula is C15H21ClN2OS. The number of amidine groups is 1. The largest absolute Gasteiger partial charge is 0.372 e. The summed E-state index contributed by atoms with van der Waals surface area (Å²) in [5, 5.41) is 2.46. The molecule has 0 aliphatic carbocycles. The first-order chi connectivity index (χ1) is 9.79. The van der Waals surface area contributed by atoms with E-state index in [9.17, 15) is 0 Å². The van der Waals surface area contributed by atoms with Crippen LogP contribution < -0.4 is 0 Å². The summed E-state index contributed by atoms with van der Waals surface area (Å²) >= 11 is 7.58. The SMILES string of the molecule is C=CCOCc1cc(C2CCC=NC(Cl)=N2)cs1.CC. The summed E-state index contributed by atoms with van der Waals surface area (Å²) in [4.78, 5) is 9.61. The maximum Gasteiger partial charge on any atom is 0.217 e. The molecule has 0 N–H and O–H groups in total. The van der Waals surface area contributed by atoms with Crippen LogP contribution in [0, 0.1) is 0 Å². The molecule has 0 saturated heterocycles. The monoisotopic (exact) mass is 312 g/mol. The van der Waals surface area contributed by atoms with Crippen LogP contribution in [0.1, 0.15) is 43.2 Å². The van der Waals surface area contributed by atoms with Crippen LogP contribution in [0.5, 0.6) is 0 Å². The van der Waals surface area contributed by atoms with Crippen molar-refractivity contribution < 1.29 is 4.74 Å². The Morgan fingerprint density at radius 1 is 1.55 bits per heavy atom. The van der Waals surface area contributed by atoms with Gasteiger partial charge >= 0.3 is 0 Å². The molecule has 5 heteroatoms. The van der Waals surface area contributed by atoms with E-state index in [4.69, 9.17) is 16.3 Å². The van der Waals surface area contributed by atoms with Gasteiger partial charge in [0, 0.05) is 11.1 Å². The van der Waals surface area contributed by atoms with Crippen molar-refractivity contribution in [1.82, 2.24) is 0 Å². The number of hydrogen-bond donors (Lipinski definition) is 0. The van der Waals surface area contributed by atoms with Crippen LogP contribution in [0.15, 0.2) is 34.1 Å². The number of nitrogens with zero attached hydrogens (tertiary/aromatic N) is 2. The predicted molar refractivity (Wildman–Crippen MR) is 89.3 cm³/mol. The van der Waals surface area contributed by atoms with E-state index in [1.54, 1.807) is 17.4 Å². The summed E-state index contributed by atoms with van der Waals surface area (Å²) < 4.78 is 5.42. The van der Waals surface area contributed by atoms with E-state index in [1.165, 1.54) is 10.4 Å². The van der Waals surface area contributed by atoms with Crippen LogP contribution in [-0.4, -0.2) is 18.1 Å². The Morgan fingerprint density at radius 2 is 2.35 bits per heavy atom. The quantitative estimate of drug-likeness (QED) is 0.429. The van der Waals surface area contributed by atoms with Crippen molar-refractivity contribution in [2.75, 3.05) is 6.61 Å². The Hall–Kier alpha value is -0.970. The molecule has 1 atom stereocenters. The molecule has 1 aromatic heterocycles. The van der Waals surface area contributed by atoms with Gasteiger partial charge < -0.3 is 4.74 Å². The van der Waals surface area contributed by atoms with E-state index in [1.807, 2.05) is 20.1 Å². The summed E-state index contributed by atoms with van der Waals surface area (Å²) in [5.41, 5.74) is 1.20. The lowest BCUT2D eigenvalue weighted by atomic mass is 10.1. The maximum absolute atomic E-state index is 5.89. The summed E-state index contributed by atoms with van der Waals surface area (Å²) in [6.07, 6.45) is 5.43. The average Bonchev–Trinajstić information content (AvgIpc) is 2.83. The minimum absolute atomic E-state index is 0.115. The van der Waals surface area contributed by atoms with Crippen LogP contribution in [0.25, 0.3) is 0 Å². The van der Waals surface area contributed by atoms with Gasteiger partial charge in [-0.1, -0.05) is 19.9 Å². The Labute approximate surface area is 130 Å². The highest BCUT2D eigenvalue weighted by molar-refractivity contribution is 7.10. The summed E-state index contributed by atoms with van der Waals surface area (Å²) in [7, 11) is 0. The third-order valence-electron chi connectivity index (χ3n) is 2.57. The molecule has 0 bridgehead atoms. The molecule has 0 saturated carbocycles. The van der Waals surface area contributed by atoms with Gasteiger partial charge in [0.2, 0.25) is 5.29 Å². The molecule has 1 aromatic rings. The van der Waals surface area contributed by atoms with Gasteiger partial charge in [-0.3, -0.25) is 0 Å². The fraction of sp³-hybridized carbons (Fsp3) is 0.467. The maximum atomic E-state index is 5.89. The van der Waals surface area contributed by atoms with Gasteiger partial charge in [-0.05, 0) is 41.5 Å². The standard InChI is InChI=1S/C13H15ClN2OS.C2H6/c1-2-6-17-8-11-7-10(9-18-11)12-4-3-5-15-13(14)16-12;1-2/h2,5,7,9,12H,1,3-4,6,8H2;1-2H3. The number of thiophene rings is 1. The lowest BCUT2D eigenvalue weighted by Gasteiger charge is -2.07. The number of ether oxygens (including phenoxy) is 1. The number of rotatable bonds is 5. The zero-order valence-corrected chi connectivity index (χ0v) is 13.6. The minimum atomic E-state index is 0.115. The lowest BCUT2D eigenvalue weighted by Crippen LogP contribution is -1.94. The number of aliphatic imine (C=N–C) groups is 2. The Balaban J connectivity index is 0.000000956. The van der Waals surface area contributed by atoms with Gasteiger partial charge in [0.1, 0.15) is 0 Å². The Bertz CT molecular complexity index is 468. The van der Waals surface area contributed by atoms with E-state index < -0.39 is 0 Å². The first kappa shape index (κ1) is 17.1. The molecular weight excluding hydrogens is 292 g/mol. The smallest absolute Gasteiger partial charge is 0.217 e. The molecule has 1 unspecified atom stereocenters. The molecule has 0 amide bonds. The van der Waals surface area contributed by atoms with Crippen molar-refractivity contribution in [3.05, 3.63) is 34.5 Å². The summed E-state index contributed by atoms with van der Waals surface area (Å²) in [6.45, 7) is 8.82. The van der Waals surface area contributed by atoms with Crippen molar-refractivity contribution in [2.24, 2.45) is 9.98 Å². The highest BCUT2D eigenvalue weighted by Crippen LogP contribution is 2.29. The van der Waals surface area contributed by atoms with Gasteiger partial charge in [-0.25, -0.2) is 9.98 Å². The van der Waals surface area contributed by atoms with Gasteiger partial charge in [0.15, 0.2) is 0 Å². The summed E-state index contributed by atoms with van der Waals surface area (Å²) in [5.74, 6) is 0. The average molecular weight is 313 g/mol. The first-order valence-electron chi connectivity index (χ1n) is 6.81. The zero-order chi connectivity index (χ0) is 14.8. The third-order valence-corrected chi connectivity index (χ3v) is 3.69. The first-order valence-corrected chi connectivity index (χ1v) is 8.07. The Morgan fingerprint density at radius 3 is 3.10 bits per heavy atom. The minimum Gasteiger partial charge on any atom is -0.372 e. The van der Waals surface area contributed by atoms with E-state index in [-0.39, 0.29) is 6.04 Å². The molecule has 1 aliphatic heterocycles. The predicted octanol–water partition coefficient (Wildman–Crippen LogP) is 4.98. The highest BCUT2D eigenvalue weighted by atomic mass is 35.5. The molecule has 0 radical (unpaired) electrons. The molecule has 3 nitrogen and oxygen atoms in total. The molecule has 0 spiro atoms. The normalized spacial score (nSPS) is 17.8. The highest BCUT2D eigenvalue weighted by Gasteiger charge is 2.14. The van der Waals surface area contributed by atoms with Gasteiger partial charge in [0.25, 0.3) is 0 Å². The van der Waals surface area contributed by atoms with Crippen molar-refractivity contribution >= 4 is 34.4 Å². The molecule has 110 valence electrons. The molecule has 2 heterocycles. The molecule has 1 aliphatic rings. The zero-order valence-electron chi connectivity index (χ0n) is 12.0. The van der Waals surface area contributed by atoms with Crippen LogP contribution in [0.2, 0.25) is 0 Å². The van der Waals surface area contributed by atoms with Gasteiger partial charge in [-0.15, -0.1) is 17.9 Å². The van der Waals surface area contributed by atoms with Crippen molar-refractivity contribution in [2.45, 2.75) is 39.3 Å². The van der Waals surface area contributed by atoms with Crippen molar-refractivity contribution in [1.29, 1.82) is 0 Å². The second kappa shape index (κ2) is 9.86. The van der Waals surface area contributed by atoms with Crippen LogP contribution in [0.3, 0.4) is 0 Å². The molecule has 0 aromatic carbocycles. The molecule has 20 heavy (non-hydrogen) atoms. The number of halogens is 1. The van der Waals surface area contributed by atoms with Gasteiger partial charge in [0.05, 0.1) is 19.3 Å². The van der Waals surface area contributed by atoms with E-state index in [0.717, 1.165) is 12.8 Å². The molecule has 0 fully saturated rings. The van der Waals surface area contributed by atoms with Crippen molar-refractivity contribution in [3.63, 3.8) is 0 Å².